The maximum atomic E-state index is 12.2. The molecule has 1 atom stereocenters. The average molecular weight is 316 g/mol. The Bertz CT molecular complexity index is 728. The van der Waals surface area contributed by atoms with Gasteiger partial charge in [0.15, 0.2) is 0 Å². The lowest BCUT2D eigenvalue weighted by molar-refractivity contribution is 0.553. The summed E-state index contributed by atoms with van der Waals surface area (Å²) in [4.78, 5) is 0.0495. The van der Waals surface area contributed by atoms with E-state index in [-0.39, 0.29) is 10.6 Å². The SMILES string of the molecule is CC(NS(=O)(=O)c1ccc(Cl)c(N)c1)c1nncn1C. The number of sulfonamides is 1. The number of hydrogen-bond acceptors (Lipinski definition) is 5. The third-order valence-corrected chi connectivity index (χ3v) is 4.63. The summed E-state index contributed by atoms with van der Waals surface area (Å²) in [5.41, 5.74) is 5.83. The van der Waals surface area contributed by atoms with Gasteiger partial charge in [0, 0.05) is 7.05 Å². The minimum Gasteiger partial charge on any atom is -0.397 e. The Kier molecular flexibility index (Phi) is 3.98. The van der Waals surface area contributed by atoms with E-state index in [0.717, 1.165) is 0 Å². The topological polar surface area (TPSA) is 103 Å². The molecule has 108 valence electrons. The lowest BCUT2D eigenvalue weighted by Gasteiger charge is -2.13. The minimum absolute atomic E-state index is 0.0495. The summed E-state index contributed by atoms with van der Waals surface area (Å²) in [5.74, 6) is 0.510. The van der Waals surface area contributed by atoms with E-state index in [0.29, 0.717) is 10.8 Å². The molecule has 1 aromatic carbocycles. The van der Waals surface area contributed by atoms with Crippen molar-refractivity contribution in [2.45, 2.75) is 17.9 Å². The van der Waals surface area contributed by atoms with Crippen LogP contribution in [0.2, 0.25) is 5.02 Å². The number of anilines is 1. The van der Waals surface area contributed by atoms with Crippen LogP contribution in [0, 0.1) is 0 Å². The van der Waals surface area contributed by atoms with Crippen LogP contribution in [0.25, 0.3) is 0 Å². The zero-order chi connectivity index (χ0) is 14.9. The Morgan fingerprint density at radius 3 is 2.70 bits per heavy atom. The van der Waals surface area contributed by atoms with Gasteiger partial charge in [-0.05, 0) is 25.1 Å². The second kappa shape index (κ2) is 5.39. The van der Waals surface area contributed by atoms with Crippen LogP contribution in [0.3, 0.4) is 0 Å². The Hall–Kier alpha value is -1.64. The van der Waals surface area contributed by atoms with Gasteiger partial charge >= 0.3 is 0 Å². The average Bonchev–Trinajstić information content (AvgIpc) is 2.78. The van der Waals surface area contributed by atoms with Crippen LogP contribution in [0.15, 0.2) is 29.4 Å². The molecular formula is C11H14ClN5O2S. The van der Waals surface area contributed by atoms with Gasteiger partial charge in [-0.25, -0.2) is 13.1 Å². The zero-order valence-electron chi connectivity index (χ0n) is 10.9. The third kappa shape index (κ3) is 2.92. The van der Waals surface area contributed by atoms with Gasteiger partial charge in [-0.15, -0.1) is 10.2 Å². The highest BCUT2D eigenvalue weighted by Gasteiger charge is 2.21. The van der Waals surface area contributed by atoms with Crippen molar-refractivity contribution in [1.29, 1.82) is 0 Å². The quantitative estimate of drug-likeness (QED) is 0.822. The molecule has 0 aliphatic carbocycles. The highest BCUT2D eigenvalue weighted by Crippen LogP contribution is 2.23. The van der Waals surface area contributed by atoms with E-state index >= 15 is 0 Å². The van der Waals surface area contributed by atoms with Gasteiger partial charge in [-0.3, -0.25) is 0 Å². The number of hydrogen-bond donors (Lipinski definition) is 2. The van der Waals surface area contributed by atoms with Crippen molar-refractivity contribution in [2.24, 2.45) is 7.05 Å². The molecule has 1 aromatic heterocycles. The standard InChI is InChI=1S/C11H14ClN5O2S/c1-7(11-15-14-6-17(11)2)16-20(18,19)8-3-4-9(12)10(13)5-8/h3-7,16H,13H2,1-2H3. The number of nitrogens with one attached hydrogen (secondary N) is 1. The molecule has 0 saturated heterocycles. The second-order valence-corrected chi connectivity index (χ2v) is 6.45. The fraction of sp³-hybridized carbons (Fsp3) is 0.273. The molecular weight excluding hydrogens is 302 g/mol. The van der Waals surface area contributed by atoms with Crippen LogP contribution in [-0.2, 0) is 17.1 Å². The van der Waals surface area contributed by atoms with Crippen LogP contribution in [-0.4, -0.2) is 23.2 Å². The number of halogens is 1. The molecule has 0 amide bonds. The van der Waals surface area contributed by atoms with Gasteiger partial charge in [0.05, 0.1) is 21.6 Å². The maximum absolute atomic E-state index is 12.2. The summed E-state index contributed by atoms with van der Waals surface area (Å²) in [6, 6.07) is 3.63. The highest BCUT2D eigenvalue weighted by atomic mass is 35.5. The number of nitrogens with two attached hydrogens (primary N) is 1. The van der Waals surface area contributed by atoms with Crippen LogP contribution >= 0.6 is 11.6 Å². The molecule has 0 fully saturated rings. The van der Waals surface area contributed by atoms with Gasteiger partial charge in [-0.2, -0.15) is 0 Å². The Morgan fingerprint density at radius 2 is 2.15 bits per heavy atom. The minimum atomic E-state index is -3.71. The van der Waals surface area contributed by atoms with E-state index in [1.807, 2.05) is 0 Å². The fourth-order valence-electron chi connectivity index (χ4n) is 1.73. The molecule has 1 unspecified atom stereocenters. The summed E-state index contributed by atoms with van der Waals surface area (Å²) in [6.45, 7) is 1.68. The molecule has 0 spiro atoms. The highest BCUT2D eigenvalue weighted by molar-refractivity contribution is 7.89. The Balaban J connectivity index is 2.27. The van der Waals surface area contributed by atoms with E-state index in [2.05, 4.69) is 14.9 Å². The van der Waals surface area contributed by atoms with Crippen LogP contribution in [0.4, 0.5) is 5.69 Å². The molecule has 2 aromatic rings. The molecule has 1 heterocycles. The van der Waals surface area contributed by atoms with Crippen molar-refractivity contribution < 1.29 is 8.42 Å². The van der Waals surface area contributed by atoms with Gasteiger partial charge in [0.2, 0.25) is 10.0 Å². The fourth-order valence-corrected chi connectivity index (χ4v) is 3.08. The first-order valence-electron chi connectivity index (χ1n) is 5.72. The zero-order valence-corrected chi connectivity index (χ0v) is 12.5. The van der Waals surface area contributed by atoms with E-state index in [1.165, 1.54) is 24.5 Å². The van der Waals surface area contributed by atoms with Crippen LogP contribution in [0.1, 0.15) is 18.8 Å². The molecule has 3 N–H and O–H groups in total. The first kappa shape index (κ1) is 14.8. The predicted molar refractivity (Wildman–Crippen MR) is 75.6 cm³/mol. The molecule has 0 saturated carbocycles. The maximum Gasteiger partial charge on any atom is 0.241 e. The third-order valence-electron chi connectivity index (χ3n) is 2.74. The number of aromatic nitrogens is 3. The Labute approximate surface area is 121 Å². The first-order valence-corrected chi connectivity index (χ1v) is 7.58. The number of nitrogens with zero attached hydrogens (tertiary/aromatic N) is 3. The summed E-state index contributed by atoms with van der Waals surface area (Å²) in [5, 5.41) is 7.89. The molecule has 2 rings (SSSR count). The smallest absolute Gasteiger partial charge is 0.241 e. The second-order valence-electron chi connectivity index (χ2n) is 4.33. The van der Waals surface area contributed by atoms with Crippen molar-refractivity contribution in [3.63, 3.8) is 0 Å². The molecule has 0 radical (unpaired) electrons. The number of aryl methyl sites for hydroxylation is 1. The number of benzene rings is 1. The van der Waals surface area contributed by atoms with Gasteiger partial charge in [0.1, 0.15) is 12.2 Å². The van der Waals surface area contributed by atoms with Gasteiger partial charge in [0.25, 0.3) is 0 Å². The normalized spacial score (nSPS) is 13.3. The molecule has 9 heteroatoms. The van der Waals surface area contributed by atoms with Gasteiger partial charge in [-0.1, -0.05) is 11.6 Å². The van der Waals surface area contributed by atoms with Crippen LogP contribution in [0.5, 0.6) is 0 Å². The molecule has 0 aliphatic heterocycles. The number of nitrogen functional groups attached to an aromatic ring is 1. The molecule has 20 heavy (non-hydrogen) atoms. The first-order chi connectivity index (χ1) is 9.31. The lowest BCUT2D eigenvalue weighted by Crippen LogP contribution is -2.28. The van der Waals surface area contributed by atoms with E-state index < -0.39 is 16.1 Å². The van der Waals surface area contributed by atoms with Crippen molar-refractivity contribution >= 4 is 27.3 Å². The van der Waals surface area contributed by atoms with Crippen molar-refractivity contribution in [1.82, 2.24) is 19.5 Å². The molecule has 0 bridgehead atoms. The van der Waals surface area contributed by atoms with Crippen molar-refractivity contribution in [3.05, 3.63) is 35.4 Å². The van der Waals surface area contributed by atoms with Gasteiger partial charge < -0.3 is 10.3 Å². The van der Waals surface area contributed by atoms with Crippen molar-refractivity contribution in [3.8, 4) is 0 Å². The largest absolute Gasteiger partial charge is 0.397 e. The Morgan fingerprint density at radius 1 is 1.45 bits per heavy atom. The van der Waals surface area contributed by atoms with Crippen LogP contribution < -0.4 is 10.5 Å². The summed E-state index contributed by atoms with van der Waals surface area (Å²) >= 11 is 5.78. The van der Waals surface area contributed by atoms with E-state index in [1.54, 1.807) is 18.5 Å². The van der Waals surface area contributed by atoms with Crippen molar-refractivity contribution in [2.75, 3.05) is 5.73 Å². The monoisotopic (exact) mass is 315 g/mol. The van der Waals surface area contributed by atoms with E-state index in [4.69, 9.17) is 17.3 Å². The summed E-state index contributed by atoms with van der Waals surface area (Å²) in [6.07, 6.45) is 1.50. The summed E-state index contributed by atoms with van der Waals surface area (Å²) in [7, 11) is -1.97. The predicted octanol–water partition coefficient (Wildman–Crippen LogP) is 1.09. The molecule has 0 aliphatic rings. The summed E-state index contributed by atoms with van der Waals surface area (Å²) < 4.78 is 28.6. The number of rotatable bonds is 4. The lowest BCUT2D eigenvalue weighted by atomic mass is 10.3. The van der Waals surface area contributed by atoms with E-state index in [9.17, 15) is 8.42 Å². The molecule has 7 nitrogen and oxygen atoms in total.